The largest absolute Gasteiger partial charge is 0.363 e. The first-order valence-electron chi connectivity index (χ1n) is 19.6. The van der Waals surface area contributed by atoms with Crippen LogP contribution in [0.2, 0.25) is 0 Å². The third-order valence-corrected chi connectivity index (χ3v) is 10.7. The van der Waals surface area contributed by atoms with Crippen LogP contribution in [-0.2, 0) is 26.2 Å². The molecule has 0 aliphatic carbocycles. The van der Waals surface area contributed by atoms with Gasteiger partial charge in [-0.2, -0.15) is 0 Å². The van der Waals surface area contributed by atoms with Crippen LogP contribution in [-0.4, -0.2) is 0 Å². The predicted molar refractivity (Wildman–Crippen MR) is 240 cm³/mol. The molecule has 7 aromatic rings. The molecule has 0 amide bonds. The van der Waals surface area contributed by atoms with Crippen LogP contribution in [0.4, 0.5) is 11.4 Å². The van der Waals surface area contributed by atoms with Gasteiger partial charge in [0.1, 0.15) is 0 Å². The van der Waals surface area contributed by atoms with Crippen molar-refractivity contribution in [3.8, 4) is 0 Å². The average molecular weight is 729 g/mol. The summed E-state index contributed by atoms with van der Waals surface area (Å²) in [6, 6.07) is 61.8. The van der Waals surface area contributed by atoms with Gasteiger partial charge in [-0.15, -0.1) is 0 Å². The lowest BCUT2D eigenvalue weighted by molar-refractivity contribution is 0.799. The van der Waals surface area contributed by atoms with E-state index in [9.17, 15) is 0 Å². The van der Waals surface area contributed by atoms with Crippen LogP contribution < -0.4 is 9.80 Å². The molecule has 0 radical (unpaired) electrons. The Morgan fingerprint density at radius 2 is 0.500 bits per heavy atom. The van der Waals surface area contributed by atoms with Crippen LogP contribution >= 0.6 is 0 Å². The maximum absolute atomic E-state index is 4.51. The number of benzene rings is 7. The molecule has 2 nitrogen and oxygen atoms in total. The molecule has 0 aliphatic heterocycles. The molecule has 0 saturated heterocycles. The Bertz CT molecular complexity index is 2100. The van der Waals surface area contributed by atoms with Crippen molar-refractivity contribution in [1.29, 1.82) is 0 Å². The van der Waals surface area contributed by atoms with Crippen molar-refractivity contribution in [2.75, 3.05) is 9.80 Å². The van der Waals surface area contributed by atoms with E-state index in [0.717, 1.165) is 59.6 Å². The summed E-state index contributed by atoms with van der Waals surface area (Å²) in [5.74, 6) is 0. The van der Waals surface area contributed by atoms with E-state index < -0.39 is 0 Å². The molecule has 0 bridgehead atoms. The van der Waals surface area contributed by atoms with Gasteiger partial charge < -0.3 is 9.80 Å². The number of aryl methyl sites for hydroxylation is 4. The van der Waals surface area contributed by atoms with Crippen molar-refractivity contribution in [3.05, 3.63) is 250 Å². The number of hydrogen-bond acceptors (Lipinski definition) is 2. The number of hydrogen-bond donors (Lipinski definition) is 0. The standard InChI is InChI=1S/C54H52N2/c1-39-7-15-45(16-8-39)35-55(36-46-17-9-40(2)10-18-46)53-31-27-51(28-32-53)43(5)49-23-25-50(26-24-49)44(6)52-29-33-54(34-30-52)56(37-47-19-11-41(3)12-20-47)38-48-21-13-42(4)14-22-48/h7-34H,5-6,35-38H2,1-4H3. The second-order valence-corrected chi connectivity index (χ2v) is 15.3. The zero-order chi connectivity index (χ0) is 39.0. The highest BCUT2D eigenvalue weighted by Gasteiger charge is 2.13. The molecule has 0 N–H and O–H groups in total. The third-order valence-electron chi connectivity index (χ3n) is 10.7. The molecule has 278 valence electrons. The monoisotopic (exact) mass is 728 g/mol. The average Bonchev–Trinajstić information content (AvgIpc) is 3.23. The van der Waals surface area contributed by atoms with E-state index in [2.05, 4.69) is 221 Å². The zero-order valence-electron chi connectivity index (χ0n) is 33.3. The second-order valence-electron chi connectivity index (χ2n) is 15.3. The van der Waals surface area contributed by atoms with Gasteiger partial charge in [-0.05, 0) is 108 Å². The number of rotatable bonds is 14. The molecule has 56 heavy (non-hydrogen) atoms. The quantitative estimate of drug-likeness (QED) is 0.110. The Hall–Kier alpha value is -6.38. The molecule has 0 aromatic heterocycles. The summed E-state index contributed by atoms with van der Waals surface area (Å²) in [6.07, 6.45) is 0. The first-order valence-corrected chi connectivity index (χ1v) is 19.6. The molecular formula is C54H52N2. The third kappa shape index (κ3) is 9.64. The first kappa shape index (κ1) is 37.9. The molecule has 2 heteroatoms. The summed E-state index contributed by atoms with van der Waals surface area (Å²) in [7, 11) is 0. The van der Waals surface area contributed by atoms with Crippen molar-refractivity contribution < 1.29 is 0 Å². The van der Waals surface area contributed by atoms with E-state index in [0.29, 0.717) is 0 Å². The molecular weight excluding hydrogens is 677 g/mol. The van der Waals surface area contributed by atoms with E-state index in [1.165, 1.54) is 55.9 Å². The van der Waals surface area contributed by atoms with Crippen molar-refractivity contribution in [1.82, 2.24) is 0 Å². The summed E-state index contributed by atoms with van der Waals surface area (Å²) in [6.45, 7) is 20.9. The van der Waals surface area contributed by atoms with Gasteiger partial charge in [-0.3, -0.25) is 0 Å². The minimum Gasteiger partial charge on any atom is -0.363 e. The van der Waals surface area contributed by atoms with E-state index in [1.807, 2.05) is 0 Å². The van der Waals surface area contributed by atoms with Gasteiger partial charge >= 0.3 is 0 Å². The van der Waals surface area contributed by atoms with Crippen molar-refractivity contribution >= 4 is 22.5 Å². The highest BCUT2D eigenvalue weighted by Crippen LogP contribution is 2.30. The van der Waals surface area contributed by atoms with E-state index in [1.54, 1.807) is 0 Å². The van der Waals surface area contributed by atoms with Crippen LogP contribution in [0.15, 0.2) is 183 Å². The fraction of sp³-hybridized carbons (Fsp3) is 0.148. The van der Waals surface area contributed by atoms with Crippen LogP contribution in [0.5, 0.6) is 0 Å². The molecule has 0 heterocycles. The van der Waals surface area contributed by atoms with Crippen molar-refractivity contribution in [2.45, 2.75) is 53.9 Å². The second kappa shape index (κ2) is 17.4. The Balaban J connectivity index is 1.04. The lowest BCUT2D eigenvalue weighted by atomic mass is 9.94. The maximum Gasteiger partial charge on any atom is 0.0433 e. The highest BCUT2D eigenvalue weighted by molar-refractivity contribution is 5.82. The summed E-state index contributed by atoms with van der Waals surface area (Å²) >= 11 is 0. The van der Waals surface area contributed by atoms with Crippen LogP contribution in [0.3, 0.4) is 0 Å². The Kier molecular flexibility index (Phi) is 11.8. The fourth-order valence-electron chi connectivity index (χ4n) is 7.09. The van der Waals surface area contributed by atoms with Gasteiger partial charge in [0.25, 0.3) is 0 Å². The molecule has 0 saturated carbocycles. The fourth-order valence-corrected chi connectivity index (χ4v) is 7.09. The number of nitrogens with zero attached hydrogens (tertiary/aromatic N) is 2. The van der Waals surface area contributed by atoms with Crippen molar-refractivity contribution in [2.24, 2.45) is 0 Å². The van der Waals surface area contributed by atoms with E-state index in [4.69, 9.17) is 0 Å². The zero-order valence-corrected chi connectivity index (χ0v) is 33.3. The topological polar surface area (TPSA) is 6.48 Å². The molecule has 0 aliphatic rings. The van der Waals surface area contributed by atoms with Crippen LogP contribution in [0.25, 0.3) is 11.1 Å². The van der Waals surface area contributed by atoms with Gasteiger partial charge in [-0.25, -0.2) is 0 Å². The first-order chi connectivity index (χ1) is 27.2. The van der Waals surface area contributed by atoms with Crippen molar-refractivity contribution in [3.63, 3.8) is 0 Å². The van der Waals surface area contributed by atoms with Crippen LogP contribution in [0.1, 0.15) is 66.8 Å². The van der Waals surface area contributed by atoms with Crippen LogP contribution in [0, 0.1) is 27.7 Å². The van der Waals surface area contributed by atoms with Gasteiger partial charge in [0.15, 0.2) is 0 Å². The molecule has 7 rings (SSSR count). The SMILES string of the molecule is C=C(c1ccc(C(=C)c2ccc(N(Cc3ccc(C)cc3)Cc3ccc(C)cc3)cc2)cc1)c1ccc(N(Cc2ccc(C)cc2)Cc2ccc(C)cc2)cc1. The van der Waals surface area contributed by atoms with Gasteiger partial charge in [0.2, 0.25) is 0 Å². The molecule has 0 spiro atoms. The van der Waals surface area contributed by atoms with Gasteiger partial charge in [0.05, 0.1) is 0 Å². The summed E-state index contributed by atoms with van der Waals surface area (Å²) < 4.78 is 0. The van der Waals surface area contributed by atoms with Gasteiger partial charge in [-0.1, -0.05) is 181 Å². The summed E-state index contributed by atoms with van der Waals surface area (Å²) in [5, 5.41) is 0. The minimum atomic E-state index is 0.835. The molecule has 0 fully saturated rings. The smallest absolute Gasteiger partial charge is 0.0433 e. The number of anilines is 2. The van der Waals surface area contributed by atoms with Gasteiger partial charge in [0, 0.05) is 37.6 Å². The molecule has 0 unspecified atom stereocenters. The Labute approximate surface area is 334 Å². The predicted octanol–water partition coefficient (Wildman–Crippen LogP) is 13.5. The molecule has 0 atom stereocenters. The lowest BCUT2D eigenvalue weighted by Gasteiger charge is -2.26. The maximum atomic E-state index is 4.51. The van der Waals surface area contributed by atoms with E-state index >= 15 is 0 Å². The summed E-state index contributed by atoms with van der Waals surface area (Å²) in [5.41, 5.74) is 19.1. The minimum absolute atomic E-state index is 0.835. The summed E-state index contributed by atoms with van der Waals surface area (Å²) in [4.78, 5) is 4.89. The Morgan fingerprint density at radius 1 is 0.304 bits per heavy atom. The lowest BCUT2D eigenvalue weighted by Crippen LogP contribution is -2.22. The van der Waals surface area contributed by atoms with E-state index in [-0.39, 0.29) is 0 Å². The Morgan fingerprint density at radius 3 is 0.714 bits per heavy atom. The normalized spacial score (nSPS) is 10.9. The molecule has 7 aromatic carbocycles. The highest BCUT2D eigenvalue weighted by atomic mass is 15.1.